The fraction of sp³-hybridized carbons (Fsp3) is 0.214. The van der Waals surface area contributed by atoms with E-state index in [-0.39, 0.29) is 23.7 Å². The Hall–Kier alpha value is -2.83. The van der Waals surface area contributed by atoms with Crippen LogP contribution < -0.4 is 16.6 Å². The number of H-pyrrole nitrogens is 1. The fourth-order valence-electron chi connectivity index (χ4n) is 1.43. The average Bonchev–Trinajstić information content (AvgIpc) is 2.90. The quantitative estimate of drug-likeness (QED) is 0.466. The smallest absolute Gasteiger partial charge is 0.275 e. The van der Waals surface area contributed by atoms with Gasteiger partial charge in [-0.1, -0.05) is 37.8 Å². The highest BCUT2D eigenvalue weighted by atomic mass is 16.2. The van der Waals surface area contributed by atoms with E-state index in [2.05, 4.69) is 27.6 Å². The second-order valence-electron chi connectivity index (χ2n) is 4.16. The maximum atomic E-state index is 11.7. The molecule has 0 aliphatic heterocycles. The van der Waals surface area contributed by atoms with Gasteiger partial charge in [-0.05, 0) is 12.0 Å². The van der Waals surface area contributed by atoms with Gasteiger partial charge in [-0.25, -0.2) is 0 Å². The number of aromatic nitrogens is 2. The Bertz CT molecular complexity index is 572. The molecule has 0 aromatic carbocycles. The van der Waals surface area contributed by atoms with Crippen molar-refractivity contribution < 1.29 is 9.59 Å². The van der Waals surface area contributed by atoms with Gasteiger partial charge >= 0.3 is 0 Å². The van der Waals surface area contributed by atoms with Gasteiger partial charge < -0.3 is 5.73 Å². The monoisotopic (exact) mass is 289 g/mol. The molecule has 0 radical (unpaired) electrons. The Labute approximate surface area is 123 Å². The first kappa shape index (κ1) is 16.2. The van der Waals surface area contributed by atoms with Gasteiger partial charge in [0.25, 0.3) is 5.91 Å². The average molecular weight is 289 g/mol. The molecule has 1 heterocycles. The molecule has 0 bridgehead atoms. The molecular formula is C14H19N5O2. The minimum Gasteiger partial charge on any atom is -0.383 e. The molecule has 0 unspecified atom stereocenters. The summed E-state index contributed by atoms with van der Waals surface area (Å²) < 4.78 is 0. The third kappa shape index (κ3) is 5.35. The maximum absolute atomic E-state index is 11.7. The Balaban J connectivity index is 2.48. The molecule has 1 rings (SSSR count). The van der Waals surface area contributed by atoms with Crippen LogP contribution in [0.2, 0.25) is 0 Å². The van der Waals surface area contributed by atoms with Crippen molar-refractivity contribution in [2.75, 3.05) is 5.73 Å². The number of carbonyl (C=O) groups is 2. The first-order valence-electron chi connectivity index (χ1n) is 6.44. The van der Waals surface area contributed by atoms with Crippen LogP contribution in [0.25, 0.3) is 0 Å². The first-order valence-corrected chi connectivity index (χ1v) is 6.44. The van der Waals surface area contributed by atoms with E-state index in [9.17, 15) is 9.59 Å². The lowest BCUT2D eigenvalue weighted by atomic mass is 10.1. The van der Waals surface area contributed by atoms with Crippen LogP contribution in [-0.2, 0) is 4.79 Å². The largest absolute Gasteiger partial charge is 0.383 e. The number of carbonyl (C=O) groups excluding carboxylic acids is 2. The summed E-state index contributed by atoms with van der Waals surface area (Å²) in [7, 11) is 0. The normalized spacial score (nSPS) is 11.4. The number of nitrogens with zero attached hydrogens (tertiary/aromatic N) is 1. The van der Waals surface area contributed by atoms with E-state index in [1.54, 1.807) is 12.2 Å². The minimum atomic E-state index is -0.537. The van der Waals surface area contributed by atoms with Crippen LogP contribution in [0, 0.1) is 0 Å². The van der Waals surface area contributed by atoms with E-state index >= 15 is 0 Å². The van der Waals surface area contributed by atoms with Gasteiger partial charge in [0.2, 0.25) is 5.91 Å². The van der Waals surface area contributed by atoms with E-state index in [4.69, 9.17) is 5.73 Å². The van der Waals surface area contributed by atoms with Gasteiger partial charge in [0.15, 0.2) is 0 Å². The zero-order valence-electron chi connectivity index (χ0n) is 11.8. The predicted octanol–water partition coefficient (Wildman–Crippen LogP) is 1.22. The highest BCUT2D eigenvalue weighted by Gasteiger charge is 2.12. The number of aromatic amines is 1. The highest BCUT2D eigenvalue weighted by Crippen LogP contribution is 2.05. The van der Waals surface area contributed by atoms with Gasteiger partial charge in [0.05, 0.1) is 12.6 Å². The van der Waals surface area contributed by atoms with Crippen molar-refractivity contribution in [1.82, 2.24) is 21.0 Å². The summed E-state index contributed by atoms with van der Waals surface area (Å²) in [6, 6.07) is 0. The molecule has 7 nitrogen and oxygen atoms in total. The van der Waals surface area contributed by atoms with Gasteiger partial charge in [-0.3, -0.25) is 25.5 Å². The predicted molar refractivity (Wildman–Crippen MR) is 80.9 cm³/mol. The molecule has 21 heavy (non-hydrogen) atoms. The number of hydrazine groups is 1. The minimum absolute atomic E-state index is 0.110. The van der Waals surface area contributed by atoms with Crippen molar-refractivity contribution in [3.63, 3.8) is 0 Å². The van der Waals surface area contributed by atoms with Gasteiger partial charge in [-0.2, -0.15) is 5.10 Å². The Kier molecular flexibility index (Phi) is 6.46. The molecule has 5 N–H and O–H groups in total. The van der Waals surface area contributed by atoms with Crippen molar-refractivity contribution in [2.24, 2.45) is 0 Å². The van der Waals surface area contributed by atoms with Crippen molar-refractivity contribution in [3.05, 3.63) is 48.2 Å². The lowest BCUT2D eigenvalue weighted by Gasteiger charge is -2.07. The molecule has 2 amide bonds. The van der Waals surface area contributed by atoms with E-state index in [1.165, 1.54) is 6.20 Å². The maximum Gasteiger partial charge on any atom is 0.275 e. The lowest BCUT2D eigenvalue weighted by molar-refractivity contribution is -0.121. The van der Waals surface area contributed by atoms with Crippen LogP contribution >= 0.6 is 0 Å². The fourth-order valence-corrected chi connectivity index (χ4v) is 1.43. The summed E-state index contributed by atoms with van der Waals surface area (Å²) in [6.07, 6.45) is 9.51. The standard InChI is InChI=1S/C14H19N5O2/c1-3-5-6-7-10(4-2)8-12(20)17-19-14(21)11-9-16-18-13(11)15/h4-7,9H,2-3,8H2,1H3,(H,17,20)(H,19,21)(H3,15,16,18)/b6-5-,10-7+. The number of anilines is 1. The molecule has 7 heteroatoms. The summed E-state index contributed by atoms with van der Waals surface area (Å²) in [4.78, 5) is 23.4. The van der Waals surface area contributed by atoms with E-state index < -0.39 is 5.91 Å². The van der Waals surface area contributed by atoms with E-state index in [0.717, 1.165) is 12.0 Å². The Morgan fingerprint density at radius 2 is 2.24 bits per heavy atom. The van der Waals surface area contributed by atoms with Gasteiger partial charge in [0, 0.05) is 0 Å². The highest BCUT2D eigenvalue weighted by molar-refractivity contribution is 5.99. The second kappa shape index (κ2) is 8.36. The number of rotatable bonds is 6. The van der Waals surface area contributed by atoms with Crippen molar-refractivity contribution in [3.8, 4) is 0 Å². The van der Waals surface area contributed by atoms with Crippen molar-refractivity contribution in [2.45, 2.75) is 19.8 Å². The zero-order valence-corrected chi connectivity index (χ0v) is 11.8. The summed E-state index contributed by atoms with van der Waals surface area (Å²) in [5.74, 6) is -0.760. The molecule has 0 aliphatic carbocycles. The molecule has 112 valence electrons. The molecule has 1 aromatic rings. The van der Waals surface area contributed by atoms with Gasteiger partial charge in [-0.15, -0.1) is 0 Å². The lowest BCUT2D eigenvalue weighted by Crippen LogP contribution is -2.41. The molecule has 0 aliphatic rings. The number of amides is 2. The van der Waals surface area contributed by atoms with Crippen LogP contribution in [0.4, 0.5) is 5.82 Å². The number of nitrogens with one attached hydrogen (secondary N) is 3. The van der Waals surface area contributed by atoms with Gasteiger partial charge in [0.1, 0.15) is 11.4 Å². The summed E-state index contributed by atoms with van der Waals surface area (Å²) in [5.41, 5.74) is 11.0. The topological polar surface area (TPSA) is 113 Å². The third-order valence-electron chi connectivity index (χ3n) is 2.54. The van der Waals surface area contributed by atoms with Crippen LogP contribution in [-0.4, -0.2) is 22.0 Å². The Morgan fingerprint density at radius 1 is 1.48 bits per heavy atom. The molecule has 0 fully saturated rings. The van der Waals surface area contributed by atoms with Crippen LogP contribution in [0.3, 0.4) is 0 Å². The number of allylic oxidation sites excluding steroid dienone is 4. The SMILES string of the molecule is C=C/C(=C\C=C/CC)CC(=O)NNC(=O)c1cn[nH]c1N. The molecule has 0 spiro atoms. The van der Waals surface area contributed by atoms with Crippen LogP contribution in [0.15, 0.2) is 42.7 Å². The van der Waals surface area contributed by atoms with Crippen molar-refractivity contribution >= 4 is 17.6 Å². The molecule has 0 saturated heterocycles. The summed E-state index contributed by atoms with van der Waals surface area (Å²) in [5, 5.41) is 6.05. The van der Waals surface area contributed by atoms with Crippen LogP contribution in [0.5, 0.6) is 0 Å². The zero-order chi connectivity index (χ0) is 15.7. The molecular weight excluding hydrogens is 270 g/mol. The molecule has 0 atom stereocenters. The first-order chi connectivity index (χ1) is 10.1. The molecule has 1 aromatic heterocycles. The van der Waals surface area contributed by atoms with Crippen LogP contribution in [0.1, 0.15) is 30.1 Å². The number of nitrogen functional groups attached to an aromatic ring is 1. The van der Waals surface area contributed by atoms with E-state index in [1.807, 2.05) is 19.1 Å². The summed E-state index contributed by atoms with van der Waals surface area (Å²) in [6.45, 7) is 5.66. The number of hydrogen-bond donors (Lipinski definition) is 4. The van der Waals surface area contributed by atoms with E-state index in [0.29, 0.717) is 0 Å². The number of nitrogens with two attached hydrogens (primary N) is 1. The Morgan fingerprint density at radius 3 is 2.81 bits per heavy atom. The number of hydrogen-bond acceptors (Lipinski definition) is 4. The third-order valence-corrected chi connectivity index (χ3v) is 2.54. The second-order valence-corrected chi connectivity index (χ2v) is 4.16. The summed E-state index contributed by atoms with van der Waals surface area (Å²) >= 11 is 0. The molecule has 0 saturated carbocycles. The van der Waals surface area contributed by atoms with Crippen molar-refractivity contribution in [1.29, 1.82) is 0 Å².